The van der Waals surface area contributed by atoms with E-state index in [1.54, 1.807) is 13.2 Å². The Hall–Kier alpha value is -1.57. The highest BCUT2D eigenvalue weighted by atomic mass is 127. The Morgan fingerprint density at radius 1 is 1.22 bits per heavy atom. The van der Waals surface area contributed by atoms with Gasteiger partial charge in [-0.15, -0.1) is 24.0 Å². The summed E-state index contributed by atoms with van der Waals surface area (Å²) in [5, 5.41) is 6.72. The Morgan fingerprint density at radius 2 is 2.04 bits per heavy atom. The van der Waals surface area contributed by atoms with Crippen LogP contribution in [0.15, 0.2) is 48.0 Å². The number of benzene rings is 1. The molecule has 1 aromatic carbocycles. The van der Waals surface area contributed by atoms with E-state index in [2.05, 4.69) is 45.7 Å². The molecule has 2 rings (SSSR count). The first kappa shape index (κ1) is 19.5. The molecule has 0 spiro atoms. The van der Waals surface area contributed by atoms with Crippen molar-refractivity contribution in [3.05, 3.63) is 48.5 Å². The minimum atomic E-state index is 0. The molecule has 0 aliphatic rings. The van der Waals surface area contributed by atoms with E-state index in [0.717, 1.165) is 24.7 Å². The molecule has 0 atom stereocenters. The number of para-hydroxylation sites is 1. The highest BCUT2D eigenvalue weighted by Gasteiger charge is 2.04. The number of nitrogens with zero attached hydrogens (tertiary/aromatic N) is 3. The molecule has 0 aliphatic carbocycles. The lowest BCUT2D eigenvalue weighted by Gasteiger charge is -2.14. The maximum atomic E-state index is 4.27. The zero-order valence-electron chi connectivity index (χ0n) is 13.8. The van der Waals surface area contributed by atoms with Crippen LogP contribution in [0.25, 0.3) is 5.69 Å². The first-order valence-corrected chi connectivity index (χ1v) is 7.86. The van der Waals surface area contributed by atoms with E-state index in [4.69, 9.17) is 0 Å². The van der Waals surface area contributed by atoms with E-state index in [-0.39, 0.29) is 24.0 Å². The van der Waals surface area contributed by atoms with Crippen molar-refractivity contribution >= 4 is 29.9 Å². The van der Waals surface area contributed by atoms with Gasteiger partial charge in [0.2, 0.25) is 0 Å². The number of hydrogen-bond acceptors (Lipinski definition) is 2. The summed E-state index contributed by atoms with van der Waals surface area (Å²) < 4.78 is 2.02. The number of unbranched alkanes of at least 4 members (excludes halogenated alkanes) is 2. The third-order valence-corrected chi connectivity index (χ3v) is 3.52. The molecule has 0 amide bonds. The maximum absolute atomic E-state index is 4.27. The molecule has 2 aromatic rings. The molecule has 0 unspecified atom stereocenters. The summed E-state index contributed by atoms with van der Waals surface area (Å²) in [7, 11) is 1.80. The summed E-state index contributed by atoms with van der Waals surface area (Å²) in [5.74, 6) is 0.844. The van der Waals surface area contributed by atoms with Gasteiger partial charge >= 0.3 is 0 Å². The zero-order valence-corrected chi connectivity index (χ0v) is 16.2. The normalized spacial score (nSPS) is 11.0. The topological polar surface area (TPSA) is 54.2 Å². The highest BCUT2D eigenvalue weighted by molar-refractivity contribution is 14.0. The van der Waals surface area contributed by atoms with Crippen LogP contribution in [0.3, 0.4) is 0 Å². The van der Waals surface area contributed by atoms with Gasteiger partial charge in [0.1, 0.15) is 0 Å². The summed E-state index contributed by atoms with van der Waals surface area (Å²) in [5.41, 5.74) is 2.34. The lowest BCUT2D eigenvalue weighted by molar-refractivity contribution is 0.682. The maximum Gasteiger partial charge on any atom is 0.191 e. The van der Waals surface area contributed by atoms with Crippen LogP contribution >= 0.6 is 24.0 Å². The molecule has 1 heterocycles. The highest BCUT2D eigenvalue weighted by Crippen LogP contribution is 2.13. The molecule has 0 saturated heterocycles. The average Bonchev–Trinajstić information content (AvgIpc) is 3.09. The van der Waals surface area contributed by atoms with Gasteiger partial charge in [0.15, 0.2) is 5.96 Å². The van der Waals surface area contributed by atoms with Gasteiger partial charge in [-0.05, 0) is 18.1 Å². The SMILES string of the molecule is CCCCCNC(=NC)NCc1ccccc1-n1ccnc1.I. The molecule has 0 aliphatic heterocycles. The van der Waals surface area contributed by atoms with E-state index in [1.807, 2.05) is 23.2 Å². The number of imidazole rings is 1. The van der Waals surface area contributed by atoms with Gasteiger partial charge in [0.25, 0.3) is 0 Å². The van der Waals surface area contributed by atoms with Crippen LogP contribution < -0.4 is 10.6 Å². The standard InChI is InChI=1S/C17H25N5.HI/c1-3-4-7-10-20-17(18-2)21-13-15-8-5-6-9-16(15)22-12-11-19-14-22;/h5-6,8-9,11-12,14H,3-4,7,10,13H2,1-2H3,(H2,18,20,21);1H. The van der Waals surface area contributed by atoms with Crippen molar-refractivity contribution in [1.29, 1.82) is 0 Å². The van der Waals surface area contributed by atoms with Crippen LogP contribution in [-0.2, 0) is 6.54 Å². The fourth-order valence-electron chi connectivity index (χ4n) is 2.30. The van der Waals surface area contributed by atoms with Gasteiger partial charge in [0, 0.05) is 32.5 Å². The Morgan fingerprint density at radius 3 is 2.74 bits per heavy atom. The molecule has 0 saturated carbocycles. The van der Waals surface area contributed by atoms with Crippen molar-refractivity contribution in [2.45, 2.75) is 32.7 Å². The molecule has 126 valence electrons. The fourth-order valence-corrected chi connectivity index (χ4v) is 2.30. The van der Waals surface area contributed by atoms with Crippen LogP contribution in [0, 0.1) is 0 Å². The van der Waals surface area contributed by atoms with Gasteiger partial charge < -0.3 is 15.2 Å². The van der Waals surface area contributed by atoms with Gasteiger partial charge in [-0.2, -0.15) is 0 Å². The number of guanidine groups is 1. The fraction of sp³-hybridized carbons (Fsp3) is 0.412. The van der Waals surface area contributed by atoms with E-state index in [9.17, 15) is 0 Å². The van der Waals surface area contributed by atoms with Gasteiger partial charge in [0.05, 0.1) is 12.0 Å². The zero-order chi connectivity index (χ0) is 15.6. The lowest BCUT2D eigenvalue weighted by atomic mass is 10.1. The lowest BCUT2D eigenvalue weighted by Crippen LogP contribution is -2.37. The third kappa shape index (κ3) is 6.21. The smallest absolute Gasteiger partial charge is 0.191 e. The van der Waals surface area contributed by atoms with Crippen LogP contribution in [0.5, 0.6) is 0 Å². The van der Waals surface area contributed by atoms with Crippen LogP contribution in [0.1, 0.15) is 31.7 Å². The molecule has 1 aromatic heterocycles. The van der Waals surface area contributed by atoms with E-state index in [0.29, 0.717) is 0 Å². The molecule has 0 bridgehead atoms. The second-order valence-electron chi connectivity index (χ2n) is 5.16. The number of nitrogens with one attached hydrogen (secondary N) is 2. The van der Waals surface area contributed by atoms with Gasteiger partial charge in [-0.3, -0.25) is 4.99 Å². The van der Waals surface area contributed by atoms with E-state index in [1.165, 1.54) is 24.8 Å². The summed E-state index contributed by atoms with van der Waals surface area (Å²) in [4.78, 5) is 8.38. The third-order valence-electron chi connectivity index (χ3n) is 3.52. The van der Waals surface area contributed by atoms with E-state index >= 15 is 0 Å². The summed E-state index contributed by atoms with van der Waals surface area (Å²) in [6.07, 6.45) is 9.20. The quantitative estimate of drug-likeness (QED) is 0.309. The minimum absolute atomic E-state index is 0. The van der Waals surface area contributed by atoms with Crippen LogP contribution in [0.2, 0.25) is 0 Å². The van der Waals surface area contributed by atoms with E-state index < -0.39 is 0 Å². The minimum Gasteiger partial charge on any atom is -0.356 e. The molecule has 23 heavy (non-hydrogen) atoms. The molecular formula is C17H26IN5. The number of aromatic nitrogens is 2. The van der Waals surface area contributed by atoms with Crippen molar-refractivity contribution in [2.75, 3.05) is 13.6 Å². The molecule has 0 radical (unpaired) electrons. The van der Waals surface area contributed by atoms with Gasteiger partial charge in [-0.25, -0.2) is 4.98 Å². The second kappa shape index (κ2) is 11.0. The first-order chi connectivity index (χ1) is 10.8. The molecule has 0 fully saturated rings. The Kier molecular flexibility index (Phi) is 9.35. The predicted octanol–water partition coefficient (Wildman–Crippen LogP) is 3.35. The number of halogens is 1. The second-order valence-corrected chi connectivity index (χ2v) is 5.16. The Labute approximate surface area is 155 Å². The van der Waals surface area contributed by atoms with Crippen molar-refractivity contribution in [3.8, 4) is 5.69 Å². The molecule has 5 nitrogen and oxygen atoms in total. The first-order valence-electron chi connectivity index (χ1n) is 7.86. The van der Waals surface area contributed by atoms with Crippen molar-refractivity contribution in [1.82, 2.24) is 20.2 Å². The van der Waals surface area contributed by atoms with Crippen molar-refractivity contribution in [2.24, 2.45) is 4.99 Å². The largest absolute Gasteiger partial charge is 0.356 e. The average molecular weight is 427 g/mol. The molecule has 2 N–H and O–H groups in total. The van der Waals surface area contributed by atoms with Gasteiger partial charge in [-0.1, -0.05) is 38.0 Å². The van der Waals surface area contributed by atoms with Crippen molar-refractivity contribution < 1.29 is 0 Å². The summed E-state index contributed by atoms with van der Waals surface area (Å²) in [6.45, 7) is 3.89. The molecular weight excluding hydrogens is 401 g/mol. The van der Waals surface area contributed by atoms with Crippen LogP contribution in [-0.4, -0.2) is 29.1 Å². The molecule has 6 heteroatoms. The Balaban J connectivity index is 0.00000264. The number of hydrogen-bond donors (Lipinski definition) is 2. The van der Waals surface area contributed by atoms with Crippen molar-refractivity contribution in [3.63, 3.8) is 0 Å². The predicted molar refractivity (Wildman–Crippen MR) is 107 cm³/mol. The number of rotatable bonds is 7. The Bertz CT molecular complexity index is 580. The summed E-state index contributed by atoms with van der Waals surface area (Å²) in [6, 6.07) is 8.30. The monoisotopic (exact) mass is 427 g/mol. The summed E-state index contributed by atoms with van der Waals surface area (Å²) >= 11 is 0. The number of aliphatic imine (C=N–C) groups is 1. The van der Waals surface area contributed by atoms with Crippen LogP contribution in [0.4, 0.5) is 0 Å².